The summed E-state index contributed by atoms with van der Waals surface area (Å²) in [5.74, 6) is -1.61. The Hall–Kier alpha value is -2.07. The summed E-state index contributed by atoms with van der Waals surface area (Å²) >= 11 is 1.85. The van der Waals surface area contributed by atoms with Crippen LogP contribution < -0.4 is 10.2 Å². The number of hydrogen-bond donors (Lipinski definition) is 2. The van der Waals surface area contributed by atoms with Gasteiger partial charge >= 0.3 is 10.8 Å². The fourth-order valence-electron chi connectivity index (χ4n) is 1.76. The molecule has 0 atom stereocenters. The van der Waals surface area contributed by atoms with Gasteiger partial charge in [0.2, 0.25) is 11.0 Å². The second-order valence-electron chi connectivity index (χ2n) is 4.06. The fraction of sp³-hybridized carbons (Fsp3) is 0.364. The van der Waals surface area contributed by atoms with Crippen LogP contribution in [0.15, 0.2) is 4.79 Å². The molecule has 0 saturated heterocycles. The maximum Gasteiger partial charge on any atom is 0.347 e. The van der Waals surface area contributed by atoms with Crippen molar-refractivity contribution < 1.29 is 14.7 Å². The van der Waals surface area contributed by atoms with Gasteiger partial charge in [0, 0.05) is 5.69 Å². The third kappa shape index (κ3) is 3.34. The van der Waals surface area contributed by atoms with Crippen molar-refractivity contribution in [3.63, 3.8) is 0 Å². The van der Waals surface area contributed by atoms with Crippen molar-refractivity contribution in [1.29, 1.82) is 0 Å². The smallest absolute Gasteiger partial charge is 0.347 e. The molecule has 2 N–H and O–H groups in total. The van der Waals surface area contributed by atoms with E-state index in [0.717, 1.165) is 0 Å². The van der Waals surface area contributed by atoms with Crippen LogP contribution >= 0.6 is 22.7 Å². The maximum atomic E-state index is 11.9. The number of carboxylic acids is 1. The molecule has 1 amide bonds. The molecule has 0 radical (unpaired) electrons. The molecule has 2 heterocycles. The normalized spacial score (nSPS) is 10.6. The van der Waals surface area contributed by atoms with Crippen LogP contribution in [0.2, 0.25) is 0 Å². The highest BCUT2D eigenvalue weighted by atomic mass is 32.1. The summed E-state index contributed by atoms with van der Waals surface area (Å²) in [5.41, 5.74) is 0.348. The molecule has 0 bridgehead atoms. The largest absolute Gasteiger partial charge is 0.477 e. The molecule has 2 aromatic heterocycles. The van der Waals surface area contributed by atoms with Crippen molar-refractivity contribution in [3.05, 3.63) is 25.2 Å². The van der Waals surface area contributed by atoms with Crippen molar-refractivity contribution in [2.45, 2.75) is 26.8 Å². The van der Waals surface area contributed by atoms with Crippen LogP contribution in [0, 0.1) is 6.92 Å². The molecular weight excluding hydrogens is 316 g/mol. The van der Waals surface area contributed by atoms with Crippen molar-refractivity contribution in [1.82, 2.24) is 14.8 Å². The average molecular weight is 328 g/mol. The first-order valence-corrected chi connectivity index (χ1v) is 7.61. The van der Waals surface area contributed by atoms with E-state index in [-0.39, 0.29) is 11.4 Å². The van der Waals surface area contributed by atoms with Crippen LogP contribution in [-0.2, 0) is 17.8 Å². The van der Waals surface area contributed by atoms with E-state index < -0.39 is 16.7 Å². The molecule has 21 heavy (non-hydrogen) atoms. The summed E-state index contributed by atoms with van der Waals surface area (Å²) < 4.78 is 1.18. The second kappa shape index (κ2) is 6.14. The zero-order chi connectivity index (χ0) is 15.6. The highest BCUT2D eigenvalue weighted by molar-refractivity contribution is 7.15. The first-order valence-electron chi connectivity index (χ1n) is 5.98. The number of carbonyl (C=O) groups excluding carboxylic acids is 1. The van der Waals surface area contributed by atoms with E-state index in [2.05, 4.69) is 15.5 Å². The Labute approximate surface area is 127 Å². The SMILES string of the molecule is CCc1c(C(=O)O)sc(=O)n1CC(=O)Nc1nnc(C)s1. The number of amides is 1. The van der Waals surface area contributed by atoms with Gasteiger partial charge in [-0.3, -0.25) is 19.5 Å². The van der Waals surface area contributed by atoms with Gasteiger partial charge in [-0.2, -0.15) is 0 Å². The second-order valence-corrected chi connectivity index (χ2v) is 6.21. The summed E-state index contributed by atoms with van der Waals surface area (Å²) in [4.78, 5) is 34.3. The zero-order valence-electron chi connectivity index (χ0n) is 11.2. The summed E-state index contributed by atoms with van der Waals surface area (Å²) in [6.07, 6.45) is 0.353. The van der Waals surface area contributed by atoms with Crippen LogP contribution in [0.25, 0.3) is 0 Å². The molecule has 0 unspecified atom stereocenters. The minimum Gasteiger partial charge on any atom is -0.477 e. The number of anilines is 1. The Kier molecular flexibility index (Phi) is 4.48. The van der Waals surface area contributed by atoms with Crippen molar-refractivity contribution in [3.8, 4) is 0 Å². The number of thiazole rings is 1. The predicted molar refractivity (Wildman–Crippen MR) is 78.2 cm³/mol. The predicted octanol–water partition coefficient (Wildman–Crippen LogP) is 0.969. The lowest BCUT2D eigenvalue weighted by atomic mass is 10.3. The van der Waals surface area contributed by atoms with E-state index >= 15 is 0 Å². The molecule has 2 aromatic rings. The number of hydrogen-bond acceptors (Lipinski definition) is 7. The van der Waals surface area contributed by atoms with Crippen LogP contribution in [0.4, 0.5) is 5.13 Å². The highest BCUT2D eigenvalue weighted by Gasteiger charge is 2.20. The summed E-state index contributed by atoms with van der Waals surface area (Å²) in [5, 5.41) is 20.2. The van der Waals surface area contributed by atoms with Crippen molar-refractivity contribution in [2.75, 3.05) is 5.32 Å². The first-order chi connectivity index (χ1) is 9.92. The Bertz CT molecular complexity index is 746. The van der Waals surface area contributed by atoms with Gasteiger partial charge in [-0.25, -0.2) is 4.79 Å². The fourth-order valence-corrected chi connectivity index (χ4v) is 3.29. The molecule has 0 aliphatic rings. The molecule has 0 spiro atoms. The molecule has 0 saturated carbocycles. The Morgan fingerprint density at radius 3 is 2.57 bits per heavy atom. The van der Waals surface area contributed by atoms with Crippen LogP contribution in [0.1, 0.15) is 27.3 Å². The average Bonchev–Trinajstić information content (AvgIpc) is 2.94. The van der Waals surface area contributed by atoms with E-state index in [1.807, 2.05) is 0 Å². The molecule has 112 valence electrons. The van der Waals surface area contributed by atoms with Crippen molar-refractivity contribution >= 4 is 39.7 Å². The molecule has 0 aromatic carbocycles. The monoisotopic (exact) mass is 328 g/mol. The standard InChI is InChI=1S/C11H12N4O4S2/c1-3-6-8(9(17)18)21-11(19)15(6)4-7(16)12-10-14-13-5(2)20-10/h3-4H2,1-2H3,(H,17,18)(H,12,14,16). The number of aryl methyl sites for hydroxylation is 1. The number of nitrogens with one attached hydrogen (secondary N) is 1. The molecule has 0 aliphatic carbocycles. The number of aromatic nitrogens is 3. The van der Waals surface area contributed by atoms with E-state index in [9.17, 15) is 14.4 Å². The lowest BCUT2D eigenvalue weighted by Crippen LogP contribution is -2.26. The molecule has 0 fully saturated rings. The third-order valence-electron chi connectivity index (χ3n) is 2.60. The minimum atomic E-state index is -1.16. The number of carboxylic acid groups (broad SMARTS) is 1. The highest BCUT2D eigenvalue weighted by Crippen LogP contribution is 2.15. The van der Waals surface area contributed by atoms with Crippen LogP contribution in [-0.4, -0.2) is 31.7 Å². The van der Waals surface area contributed by atoms with Crippen LogP contribution in [0.5, 0.6) is 0 Å². The van der Waals surface area contributed by atoms with E-state index in [4.69, 9.17) is 5.11 Å². The van der Waals surface area contributed by atoms with Gasteiger partial charge in [0.25, 0.3) is 0 Å². The van der Waals surface area contributed by atoms with E-state index in [1.165, 1.54) is 15.9 Å². The van der Waals surface area contributed by atoms with Gasteiger partial charge in [0.15, 0.2) is 0 Å². The van der Waals surface area contributed by atoms with Gasteiger partial charge in [0.05, 0.1) is 0 Å². The summed E-state index contributed by atoms with van der Waals surface area (Å²) in [7, 11) is 0. The van der Waals surface area contributed by atoms with E-state index in [0.29, 0.717) is 33.6 Å². The van der Waals surface area contributed by atoms with Gasteiger partial charge in [-0.15, -0.1) is 10.2 Å². The van der Waals surface area contributed by atoms with Gasteiger partial charge in [-0.05, 0) is 13.3 Å². The lowest BCUT2D eigenvalue weighted by molar-refractivity contribution is -0.116. The maximum absolute atomic E-state index is 11.9. The number of carbonyl (C=O) groups is 2. The third-order valence-corrected chi connectivity index (χ3v) is 4.36. The molecule has 10 heteroatoms. The first kappa shape index (κ1) is 15.3. The molecule has 2 rings (SSSR count). The molecule has 8 nitrogen and oxygen atoms in total. The van der Waals surface area contributed by atoms with Gasteiger partial charge in [0.1, 0.15) is 16.4 Å². The molecular formula is C11H12N4O4S2. The topological polar surface area (TPSA) is 114 Å². The minimum absolute atomic E-state index is 0.0259. The number of rotatable bonds is 5. The van der Waals surface area contributed by atoms with E-state index in [1.54, 1.807) is 13.8 Å². The Morgan fingerprint density at radius 2 is 2.05 bits per heavy atom. The quantitative estimate of drug-likeness (QED) is 0.845. The molecule has 0 aliphatic heterocycles. The zero-order valence-corrected chi connectivity index (χ0v) is 12.9. The summed E-state index contributed by atoms with van der Waals surface area (Å²) in [6.45, 7) is 3.24. The summed E-state index contributed by atoms with van der Waals surface area (Å²) in [6, 6.07) is 0. The van der Waals surface area contributed by atoms with Gasteiger partial charge < -0.3 is 5.11 Å². The Balaban J connectivity index is 2.21. The van der Waals surface area contributed by atoms with Gasteiger partial charge in [-0.1, -0.05) is 29.6 Å². The Morgan fingerprint density at radius 1 is 1.33 bits per heavy atom. The number of aromatic carboxylic acids is 1. The van der Waals surface area contributed by atoms with Crippen LogP contribution in [0.3, 0.4) is 0 Å². The van der Waals surface area contributed by atoms with Crippen molar-refractivity contribution in [2.24, 2.45) is 0 Å². The number of nitrogens with zero attached hydrogens (tertiary/aromatic N) is 3. The lowest BCUT2D eigenvalue weighted by Gasteiger charge is -2.06.